The van der Waals surface area contributed by atoms with Gasteiger partial charge in [0.15, 0.2) is 15.6 Å². The fourth-order valence-corrected chi connectivity index (χ4v) is 4.73. The molecule has 6 nitrogen and oxygen atoms in total. The van der Waals surface area contributed by atoms with Gasteiger partial charge in [-0.3, -0.25) is 9.36 Å². The number of halogens is 1. The highest BCUT2D eigenvalue weighted by atomic mass is 79.9. The van der Waals surface area contributed by atoms with Gasteiger partial charge in [-0.2, -0.15) is 0 Å². The van der Waals surface area contributed by atoms with E-state index < -0.39 is 0 Å². The highest BCUT2D eigenvalue weighted by Gasteiger charge is 2.24. The SMILES string of the molecule is C[C@@H]1CCCCN1C(=O)CSc1nnc(-c2ccc(Br)o2)n1Cc1ccccc1. The molecule has 0 aliphatic carbocycles. The van der Waals surface area contributed by atoms with Gasteiger partial charge in [-0.1, -0.05) is 42.1 Å². The average Bonchev–Trinajstić information content (AvgIpc) is 3.33. The molecule has 3 aromatic rings. The second kappa shape index (κ2) is 9.17. The molecule has 1 saturated heterocycles. The van der Waals surface area contributed by atoms with Gasteiger partial charge in [-0.25, -0.2) is 0 Å². The summed E-state index contributed by atoms with van der Waals surface area (Å²) in [6.07, 6.45) is 3.37. The lowest BCUT2D eigenvalue weighted by molar-refractivity contribution is -0.131. The molecule has 1 atom stereocenters. The molecule has 3 heterocycles. The number of benzene rings is 1. The van der Waals surface area contributed by atoms with E-state index in [0.717, 1.165) is 30.1 Å². The second-order valence-electron chi connectivity index (χ2n) is 7.20. The first-order valence-electron chi connectivity index (χ1n) is 9.77. The molecule has 0 radical (unpaired) electrons. The minimum Gasteiger partial charge on any atom is -0.446 e. The second-order valence-corrected chi connectivity index (χ2v) is 8.93. The maximum absolute atomic E-state index is 12.8. The van der Waals surface area contributed by atoms with Crippen LogP contribution < -0.4 is 0 Å². The van der Waals surface area contributed by atoms with Crippen molar-refractivity contribution >= 4 is 33.6 Å². The lowest BCUT2D eigenvalue weighted by atomic mass is 10.0. The summed E-state index contributed by atoms with van der Waals surface area (Å²) in [5, 5.41) is 9.43. The molecule has 0 bridgehead atoms. The number of piperidine rings is 1. The first-order chi connectivity index (χ1) is 14.1. The molecule has 29 heavy (non-hydrogen) atoms. The van der Waals surface area contributed by atoms with Crippen LogP contribution in [0, 0.1) is 0 Å². The number of amides is 1. The molecule has 152 valence electrons. The number of carbonyl (C=O) groups is 1. The number of hydrogen-bond acceptors (Lipinski definition) is 5. The third-order valence-corrected chi connectivity index (χ3v) is 6.52. The minimum absolute atomic E-state index is 0.166. The van der Waals surface area contributed by atoms with Crippen LogP contribution >= 0.6 is 27.7 Å². The van der Waals surface area contributed by atoms with Crippen molar-refractivity contribution in [2.24, 2.45) is 0 Å². The summed E-state index contributed by atoms with van der Waals surface area (Å²) < 4.78 is 8.36. The lowest BCUT2D eigenvalue weighted by Gasteiger charge is -2.33. The van der Waals surface area contributed by atoms with E-state index in [0.29, 0.717) is 34.6 Å². The molecule has 0 spiro atoms. The Morgan fingerprint density at radius 3 is 2.76 bits per heavy atom. The van der Waals surface area contributed by atoms with E-state index in [4.69, 9.17) is 4.42 Å². The number of aromatic nitrogens is 3. The number of rotatable bonds is 6. The van der Waals surface area contributed by atoms with Crippen molar-refractivity contribution in [3.8, 4) is 11.6 Å². The van der Waals surface area contributed by atoms with E-state index in [1.807, 2.05) is 39.8 Å². The topological polar surface area (TPSA) is 64.2 Å². The van der Waals surface area contributed by atoms with Gasteiger partial charge in [0, 0.05) is 12.6 Å². The summed E-state index contributed by atoms with van der Waals surface area (Å²) in [7, 11) is 0. The van der Waals surface area contributed by atoms with E-state index in [9.17, 15) is 4.79 Å². The largest absolute Gasteiger partial charge is 0.446 e. The number of thioether (sulfide) groups is 1. The van der Waals surface area contributed by atoms with Gasteiger partial charge in [0.2, 0.25) is 11.7 Å². The van der Waals surface area contributed by atoms with Crippen LogP contribution in [-0.2, 0) is 11.3 Å². The fraction of sp³-hybridized carbons (Fsp3) is 0.381. The van der Waals surface area contributed by atoms with Crippen LogP contribution in [0.3, 0.4) is 0 Å². The van der Waals surface area contributed by atoms with Crippen molar-refractivity contribution in [3.63, 3.8) is 0 Å². The Hall–Kier alpha value is -2.06. The Morgan fingerprint density at radius 1 is 1.21 bits per heavy atom. The number of likely N-dealkylation sites (tertiary alicyclic amines) is 1. The van der Waals surface area contributed by atoms with Gasteiger partial charge in [0.1, 0.15) is 0 Å². The van der Waals surface area contributed by atoms with Crippen molar-refractivity contribution in [2.45, 2.75) is 43.9 Å². The van der Waals surface area contributed by atoms with Gasteiger partial charge < -0.3 is 9.32 Å². The van der Waals surface area contributed by atoms with Gasteiger partial charge in [0.25, 0.3) is 0 Å². The molecular weight excluding hydrogens is 452 g/mol. The van der Waals surface area contributed by atoms with Crippen LogP contribution in [0.25, 0.3) is 11.6 Å². The van der Waals surface area contributed by atoms with Gasteiger partial charge in [-0.15, -0.1) is 10.2 Å². The molecule has 1 aliphatic rings. The smallest absolute Gasteiger partial charge is 0.233 e. The monoisotopic (exact) mass is 474 g/mol. The van der Waals surface area contributed by atoms with Gasteiger partial charge >= 0.3 is 0 Å². The summed E-state index contributed by atoms with van der Waals surface area (Å²) in [6, 6.07) is 14.2. The predicted octanol–water partition coefficient (Wildman–Crippen LogP) is 4.84. The molecule has 0 saturated carbocycles. The minimum atomic E-state index is 0.166. The highest BCUT2D eigenvalue weighted by Crippen LogP contribution is 2.28. The lowest BCUT2D eigenvalue weighted by Crippen LogP contribution is -2.43. The quantitative estimate of drug-likeness (QED) is 0.478. The van der Waals surface area contributed by atoms with Crippen molar-refractivity contribution in [1.29, 1.82) is 0 Å². The van der Waals surface area contributed by atoms with E-state index in [1.54, 1.807) is 0 Å². The molecule has 2 aromatic heterocycles. The molecule has 1 aromatic carbocycles. The molecule has 1 fully saturated rings. The Balaban J connectivity index is 1.56. The van der Waals surface area contributed by atoms with Crippen LogP contribution in [-0.4, -0.2) is 43.9 Å². The van der Waals surface area contributed by atoms with Gasteiger partial charge in [0.05, 0.1) is 12.3 Å². The number of carbonyl (C=O) groups excluding carboxylic acids is 1. The summed E-state index contributed by atoms with van der Waals surface area (Å²) >= 11 is 4.78. The number of hydrogen-bond donors (Lipinski definition) is 0. The van der Waals surface area contributed by atoms with Crippen molar-refractivity contribution < 1.29 is 9.21 Å². The Morgan fingerprint density at radius 2 is 2.03 bits per heavy atom. The third kappa shape index (κ3) is 4.75. The Bertz CT molecular complexity index is 972. The zero-order chi connectivity index (χ0) is 20.2. The molecular formula is C21H23BrN4O2S. The molecule has 8 heteroatoms. The first kappa shape index (κ1) is 20.2. The highest BCUT2D eigenvalue weighted by molar-refractivity contribution is 9.10. The summed E-state index contributed by atoms with van der Waals surface area (Å²) in [5.41, 5.74) is 1.14. The molecule has 0 N–H and O–H groups in total. The van der Waals surface area contributed by atoms with E-state index in [1.165, 1.54) is 18.2 Å². The van der Waals surface area contributed by atoms with Gasteiger partial charge in [-0.05, 0) is 59.8 Å². The maximum Gasteiger partial charge on any atom is 0.233 e. The van der Waals surface area contributed by atoms with E-state index in [2.05, 4.69) is 45.2 Å². The van der Waals surface area contributed by atoms with Crippen LogP contribution in [0.15, 0.2) is 56.7 Å². The molecule has 4 rings (SSSR count). The molecule has 1 aliphatic heterocycles. The van der Waals surface area contributed by atoms with Crippen LogP contribution in [0.1, 0.15) is 31.7 Å². The van der Waals surface area contributed by atoms with Crippen molar-refractivity contribution in [2.75, 3.05) is 12.3 Å². The molecule has 1 amide bonds. The number of furan rings is 1. The predicted molar refractivity (Wildman–Crippen MR) is 117 cm³/mol. The zero-order valence-electron chi connectivity index (χ0n) is 16.3. The standard InChI is InChI=1S/C21H23BrN4O2S/c1-15-7-5-6-12-25(15)19(27)14-29-21-24-23-20(17-10-11-18(22)28-17)26(21)13-16-8-3-2-4-9-16/h2-4,8-11,15H,5-7,12-14H2,1H3/t15-/m1/s1. The van der Waals surface area contributed by atoms with E-state index >= 15 is 0 Å². The number of nitrogens with zero attached hydrogens (tertiary/aromatic N) is 4. The average molecular weight is 475 g/mol. The van der Waals surface area contributed by atoms with Crippen molar-refractivity contribution in [1.82, 2.24) is 19.7 Å². The Labute approximate surface area is 182 Å². The summed E-state index contributed by atoms with van der Waals surface area (Å²) in [4.78, 5) is 14.8. The summed E-state index contributed by atoms with van der Waals surface area (Å²) in [5.74, 6) is 1.82. The zero-order valence-corrected chi connectivity index (χ0v) is 18.7. The normalized spacial score (nSPS) is 16.9. The van der Waals surface area contributed by atoms with Crippen LogP contribution in [0.2, 0.25) is 0 Å². The van der Waals surface area contributed by atoms with Crippen molar-refractivity contribution in [3.05, 3.63) is 52.7 Å². The Kier molecular flexibility index (Phi) is 6.40. The fourth-order valence-electron chi connectivity index (χ4n) is 3.60. The van der Waals surface area contributed by atoms with E-state index in [-0.39, 0.29) is 5.91 Å². The third-order valence-electron chi connectivity index (χ3n) is 5.14. The van der Waals surface area contributed by atoms with Crippen LogP contribution in [0.4, 0.5) is 0 Å². The molecule has 0 unspecified atom stereocenters. The van der Waals surface area contributed by atoms with Crippen LogP contribution in [0.5, 0.6) is 0 Å². The first-order valence-corrected chi connectivity index (χ1v) is 11.5. The summed E-state index contributed by atoms with van der Waals surface area (Å²) in [6.45, 7) is 3.59. The maximum atomic E-state index is 12.8.